The fraction of sp³-hybridized carbons (Fsp3) is 0.300. The Morgan fingerprint density at radius 3 is 2.54 bits per heavy atom. The largest absolute Gasteiger partial charge is 0.172 e. The molecule has 0 bridgehead atoms. The number of hydrogen-bond donors (Lipinski definition) is 0. The fourth-order valence-corrected chi connectivity index (χ4v) is 1.05. The Balaban J connectivity index is 2.60. The third-order valence-corrected chi connectivity index (χ3v) is 1.61. The molecule has 3 nitrogen and oxygen atoms in total. The van der Waals surface area contributed by atoms with E-state index in [1.807, 2.05) is 25.1 Å². The van der Waals surface area contributed by atoms with Crippen molar-refractivity contribution in [3.8, 4) is 0 Å². The van der Waals surface area contributed by atoms with Crippen LogP contribution in [0.25, 0.3) is 0 Å². The van der Waals surface area contributed by atoms with E-state index in [2.05, 4.69) is 27.6 Å². The summed E-state index contributed by atoms with van der Waals surface area (Å²) in [7, 11) is 1.61. The zero-order chi connectivity index (χ0) is 9.52. The molecule has 68 valence electrons. The van der Waals surface area contributed by atoms with Crippen molar-refractivity contribution in [3.63, 3.8) is 0 Å². The van der Waals surface area contributed by atoms with Gasteiger partial charge in [-0.15, -0.1) is 5.10 Å². The van der Waals surface area contributed by atoms with Gasteiger partial charge >= 0.3 is 0 Å². The smallest absolute Gasteiger partial charge is 0.0509 e. The van der Waals surface area contributed by atoms with Crippen LogP contribution in [0.5, 0.6) is 0 Å². The molecule has 0 aromatic heterocycles. The van der Waals surface area contributed by atoms with Crippen LogP contribution in [-0.4, -0.2) is 12.8 Å². The van der Waals surface area contributed by atoms with Gasteiger partial charge in [0.05, 0.1) is 7.05 Å². The predicted molar refractivity (Wildman–Crippen MR) is 54.0 cm³/mol. The van der Waals surface area contributed by atoms with Gasteiger partial charge in [-0.3, -0.25) is 0 Å². The van der Waals surface area contributed by atoms with Gasteiger partial charge in [0.15, 0.2) is 0 Å². The number of rotatable bonds is 3. The SMILES string of the molecule is CN=NN=C(C)Cc1ccccc1. The summed E-state index contributed by atoms with van der Waals surface area (Å²) in [4.78, 5) is 0. The summed E-state index contributed by atoms with van der Waals surface area (Å²) in [6, 6.07) is 10.2. The molecule has 3 heteroatoms. The monoisotopic (exact) mass is 175 g/mol. The molecular weight excluding hydrogens is 162 g/mol. The van der Waals surface area contributed by atoms with E-state index < -0.39 is 0 Å². The predicted octanol–water partition coefficient (Wildman–Crippen LogP) is 2.69. The Morgan fingerprint density at radius 1 is 1.23 bits per heavy atom. The Bertz CT molecular complexity index is 301. The van der Waals surface area contributed by atoms with E-state index in [1.165, 1.54) is 5.56 Å². The minimum Gasteiger partial charge on any atom is -0.172 e. The van der Waals surface area contributed by atoms with Crippen LogP contribution in [0, 0.1) is 0 Å². The normalized spacial score (nSPS) is 12.3. The van der Waals surface area contributed by atoms with Gasteiger partial charge in [0, 0.05) is 12.1 Å². The first-order chi connectivity index (χ1) is 6.33. The quantitative estimate of drug-likeness (QED) is 0.385. The van der Waals surface area contributed by atoms with E-state index in [4.69, 9.17) is 0 Å². The molecule has 13 heavy (non-hydrogen) atoms. The van der Waals surface area contributed by atoms with Crippen LogP contribution in [0.15, 0.2) is 45.8 Å². The van der Waals surface area contributed by atoms with Crippen LogP contribution in [0.1, 0.15) is 12.5 Å². The molecule has 0 heterocycles. The average molecular weight is 175 g/mol. The first kappa shape index (κ1) is 9.58. The lowest BCUT2D eigenvalue weighted by molar-refractivity contribution is 1.01. The minimum atomic E-state index is 0.833. The van der Waals surface area contributed by atoms with Gasteiger partial charge in [0.2, 0.25) is 0 Å². The zero-order valence-electron chi connectivity index (χ0n) is 7.94. The molecule has 1 aromatic carbocycles. The first-order valence-corrected chi connectivity index (χ1v) is 4.19. The third-order valence-electron chi connectivity index (χ3n) is 1.61. The second kappa shape index (κ2) is 5.19. The Labute approximate surface area is 78.2 Å². The van der Waals surface area contributed by atoms with Crippen LogP contribution in [0.4, 0.5) is 0 Å². The summed E-state index contributed by atoms with van der Waals surface area (Å²) in [5.74, 6) is 0. The maximum absolute atomic E-state index is 3.91. The van der Waals surface area contributed by atoms with Crippen molar-refractivity contribution >= 4 is 5.71 Å². The van der Waals surface area contributed by atoms with Crippen molar-refractivity contribution in [2.24, 2.45) is 15.4 Å². The van der Waals surface area contributed by atoms with Crippen LogP contribution in [0.2, 0.25) is 0 Å². The van der Waals surface area contributed by atoms with Gasteiger partial charge < -0.3 is 0 Å². The minimum absolute atomic E-state index is 0.833. The van der Waals surface area contributed by atoms with Crippen LogP contribution in [-0.2, 0) is 6.42 Å². The molecule has 0 aliphatic heterocycles. The van der Waals surface area contributed by atoms with Gasteiger partial charge in [-0.05, 0) is 12.5 Å². The fourth-order valence-electron chi connectivity index (χ4n) is 1.05. The summed E-state index contributed by atoms with van der Waals surface area (Å²) in [5.41, 5.74) is 2.21. The van der Waals surface area contributed by atoms with Crippen molar-refractivity contribution in [3.05, 3.63) is 35.9 Å². The maximum atomic E-state index is 3.91. The van der Waals surface area contributed by atoms with E-state index in [9.17, 15) is 0 Å². The second-order valence-electron chi connectivity index (χ2n) is 2.79. The second-order valence-corrected chi connectivity index (χ2v) is 2.79. The highest BCUT2D eigenvalue weighted by molar-refractivity contribution is 5.83. The Hall–Kier alpha value is -1.51. The molecule has 0 N–H and O–H groups in total. The summed E-state index contributed by atoms with van der Waals surface area (Å²) in [5, 5.41) is 11.0. The van der Waals surface area contributed by atoms with E-state index >= 15 is 0 Å². The maximum Gasteiger partial charge on any atom is 0.0509 e. The van der Waals surface area contributed by atoms with Crippen molar-refractivity contribution in [1.82, 2.24) is 0 Å². The van der Waals surface area contributed by atoms with Crippen LogP contribution >= 0.6 is 0 Å². The topological polar surface area (TPSA) is 37.1 Å². The molecule has 0 amide bonds. The molecule has 1 rings (SSSR count). The lowest BCUT2D eigenvalue weighted by Crippen LogP contribution is -1.95. The molecule has 0 unspecified atom stereocenters. The molecular formula is C10H13N3. The van der Waals surface area contributed by atoms with Crippen LogP contribution < -0.4 is 0 Å². The highest BCUT2D eigenvalue weighted by Gasteiger charge is 1.93. The van der Waals surface area contributed by atoms with Gasteiger partial charge in [-0.2, -0.15) is 5.11 Å². The van der Waals surface area contributed by atoms with Gasteiger partial charge in [-0.1, -0.05) is 35.6 Å². The number of nitrogens with zero attached hydrogens (tertiary/aromatic N) is 3. The van der Waals surface area contributed by atoms with Crippen molar-refractivity contribution in [2.45, 2.75) is 13.3 Å². The molecule has 1 aromatic rings. The van der Waals surface area contributed by atoms with E-state index in [1.54, 1.807) is 7.05 Å². The van der Waals surface area contributed by atoms with Crippen molar-refractivity contribution in [1.29, 1.82) is 0 Å². The molecule has 0 saturated heterocycles. The standard InChI is InChI=1S/C10H13N3/c1-9(12-13-11-2)8-10-6-4-3-5-7-10/h3-7H,8H2,1-2H3. The molecule has 0 saturated carbocycles. The Kier molecular flexibility index (Phi) is 3.82. The van der Waals surface area contributed by atoms with Crippen molar-refractivity contribution in [2.75, 3.05) is 7.05 Å². The van der Waals surface area contributed by atoms with E-state index in [0.29, 0.717) is 0 Å². The number of hydrogen-bond acceptors (Lipinski definition) is 2. The lowest BCUT2D eigenvalue weighted by Gasteiger charge is -1.97. The summed E-state index contributed by atoms with van der Waals surface area (Å²) < 4.78 is 0. The third kappa shape index (κ3) is 3.60. The Morgan fingerprint density at radius 2 is 1.92 bits per heavy atom. The highest BCUT2D eigenvalue weighted by Crippen LogP contribution is 2.00. The molecule has 0 atom stereocenters. The van der Waals surface area contributed by atoms with Crippen molar-refractivity contribution < 1.29 is 0 Å². The van der Waals surface area contributed by atoms with E-state index in [0.717, 1.165) is 12.1 Å². The highest BCUT2D eigenvalue weighted by atomic mass is 15.4. The summed E-state index contributed by atoms with van der Waals surface area (Å²) in [6.45, 7) is 1.95. The zero-order valence-corrected chi connectivity index (χ0v) is 7.94. The lowest BCUT2D eigenvalue weighted by atomic mass is 10.1. The molecule has 0 aliphatic carbocycles. The van der Waals surface area contributed by atoms with Crippen LogP contribution in [0.3, 0.4) is 0 Å². The summed E-state index contributed by atoms with van der Waals surface area (Å²) in [6.07, 6.45) is 0.833. The summed E-state index contributed by atoms with van der Waals surface area (Å²) >= 11 is 0. The molecule has 0 aliphatic rings. The van der Waals surface area contributed by atoms with Gasteiger partial charge in [0.1, 0.15) is 0 Å². The van der Waals surface area contributed by atoms with Gasteiger partial charge in [-0.25, -0.2) is 0 Å². The van der Waals surface area contributed by atoms with E-state index in [-0.39, 0.29) is 0 Å². The molecule has 0 radical (unpaired) electrons. The first-order valence-electron chi connectivity index (χ1n) is 4.19. The van der Waals surface area contributed by atoms with Gasteiger partial charge in [0.25, 0.3) is 0 Å². The molecule has 0 fully saturated rings. The molecule has 0 spiro atoms. The number of benzene rings is 1. The average Bonchev–Trinajstić information content (AvgIpc) is 2.16.